The second-order valence-corrected chi connectivity index (χ2v) is 7.04. The van der Waals surface area contributed by atoms with Crippen molar-refractivity contribution in [1.29, 1.82) is 0 Å². The minimum absolute atomic E-state index is 0.0881. The first-order valence-corrected chi connectivity index (χ1v) is 7.68. The van der Waals surface area contributed by atoms with Gasteiger partial charge in [-0.2, -0.15) is 0 Å². The van der Waals surface area contributed by atoms with Crippen LogP contribution in [-0.4, -0.2) is 17.5 Å². The number of hydrogen-bond donors (Lipinski definition) is 2. The van der Waals surface area contributed by atoms with E-state index in [1.807, 2.05) is 6.07 Å². The molecule has 0 spiro atoms. The van der Waals surface area contributed by atoms with E-state index in [0.717, 1.165) is 12.1 Å². The molecule has 1 aliphatic heterocycles. The molecule has 1 heterocycles. The number of rotatable bonds is 3. The van der Waals surface area contributed by atoms with E-state index in [9.17, 15) is 4.79 Å². The monoisotopic (exact) mass is 289 g/mol. The normalized spacial score (nSPS) is 21.9. The predicted octanol–water partition coefficient (Wildman–Crippen LogP) is 2.79. The molecule has 1 aromatic carbocycles. The number of nitrogens with one attached hydrogen (secondary N) is 1. The Hall–Kier alpha value is -1.55. The maximum absolute atomic E-state index is 12.4. The molecule has 3 N–H and O–H groups in total. The predicted molar refractivity (Wildman–Crippen MR) is 87.0 cm³/mol. The summed E-state index contributed by atoms with van der Waals surface area (Å²) in [4.78, 5) is 14.6. The number of hydrogen-bond acceptors (Lipinski definition) is 3. The average molecular weight is 289 g/mol. The molecule has 21 heavy (non-hydrogen) atoms. The highest BCUT2D eigenvalue weighted by Gasteiger charge is 2.43. The van der Waals surface area contributed by atoms with Crippen LogP contribution in [0.1, 0.15) is 52.5 Å². The van der Waals surface area contributed by atoms with Gasteiger partial charge in [0.2, 0.25) is 0 Å². The second kappa shape index (κ2) is 5.68. The summed E-state index contributed by atoms with van der Waals surface area (Å²) < 4.78 is 0. The molecule has 1 aliphatic rings. The van der Waals surface area contributed by atoms with Crippen LogP contribution >= 0.6 is 0 Å². The fourth-order valence-corrected chi connectivity index (χ4v) is 3.74. The number of carbonyl (C=O) groups excluding carboxylic acids is 1. The van der Waals surface area contributed by atoms with E-state index in [1.54, 1.807) is 0 Å². The van der Waals surface area contributed by atoms with Crippen LogP contribution in [0.3, 0.4) is 0 Å². The van der Waals surface area contributed by atoms with Crippen LogP contribution in [0.2, 0.25) is 0 Å². The second-order valence-electron chi connectivity index (χ2n) is 7.04. The summed E-state index contributed by atoms with van der Waals surface area (Å²) in [7, 11) is 0. The van der Waals surface area contributed by atoms with Crippen molar-refractivity contribution in [2.24, 2.45) is 11.8 Å². The number of carbonyl (C=O) groups is 1. The van der Waals surface area contributed by atoms with Crippen LogP contribution in [-0.2, 0) is 4.79 Å². The average Bonchev–Trinajstić information content (AvgIpc) is 2.41. The molecule has 4 nitrogen and oxygen atoms in total. The van der Waals surface area contributed by atoms with Crippen molar-refractivity contribution in [1.82, 2.24) is 5.43 Å². The molecule has 1 aromatic rings. The van der Waals surface area contributed by atoms with Gasteiger partial charge in [-0.05, 0) is 43.7 Å². The van der Waals surface area contributed by atoms with E-state index in [2.05, 4.69) is 63.1 Å². The molecule has 0 saturated carbocycles. The lowest BCUT2D eigenvalue weighted by Gasteiger charge is -2.51. The number of fused-ring (bicyclic) bond motifs is 1. The highest BCUT2D eigenvalue weighted by Crippen LogP contribution is 2.45. The zero-order valence-corrected chi connectivity index (χ0v) is 13.7. The molecule has 2 atom stereocenters. The molecule has 0 fully saturated rings. The smallest absolute Gasteiger partial charge is 0.256 e. The molecule has 1 amide bonds. The Balaban J connectivity index is 2.58. The van der Waals surface area contributed by atoms with Crippen molar-refractivity contribution in [2.45, 2.75) is 58.5 Å². The van der Waals surface area contributed by atoms with Crippen LogP contribution in [0.25, 0.3) is 0 Å². The number of benzene rings is 1. The third-order valence-corrected chi connectivity index (χ3v) is 4.51. The van der Waals surface area contributed by atoms with Gasteiger partial charge in [0, 0.05) is 11.2 Å². The molecular weight excluding hydrogens is 262 g/mol. The van der Waals surface area contributed by atoms with Gasteiger partial charge in [-0.1, -0.05) is 39.0 Å². The van der Waals surface area contributed by atoms with Crippen molar-refractivity contribution in [3.8, 4) is 0 Å². The van der Waals surface area contributed by atoms with E-state index in [1.165, 1.54) is 5.56 Å². The minimum Gasteiger partial charge on any atom is -0.354 e. The van der Waals surface area contributed by atoms with Crippen LogP contribution in [0.15, 0.2) is 24.3 Å². The Morgan fingerprint density at radius 1 is 1.38 bits per heavy atom. The number of anilines is 1. The molecule has 116 valence electrons. The van der Waals surface area contributed by atoms with Gasteiger partial charge in [-0.25, -0.2) is 5.84 Å². The summed E-state index contributed by atoms with van der Waals surface area (Å²) in [6.07, 6.45) is 1.02. The van der Waals surface area contributed by atoms with E-state index >= 15 is 0 Å². The van der Waals surface area contributed by atoms with E-state index < -0.39 is 0 Å². The Morgan fingerprint density at radius 3 is 2.57 bits per heavy atom. The topological polar surface area (TPSA) is 58.4 Å². The molecule has 0 unspecified atom stereocenters. The highest BCUT2D eigenvalue weighted by molar-refractivity contribution is 5.86. The maximum atomic E-state index is 12.4. The quantitative estimate of drug-likeness (QED) is 0.511. The Labute approximate surface area is 127 Å². The number of para-hydroxylation sites is 1. The third kappa shape index (κ3) is 2.77. The lowest BCUT2D eigenvalue weighted by molar-refractivity contribution is -0.123. The highest BCUT2D eigenvalue weighted by atomic mass is 16.2. The zero-order valence-electron chi connectivity index (χ0n) is 13.7. The van der Waals surface area contributed by atoms with Crippen molar-refractivity contribution in [3.05, 3.63) is 29.8 Å². The fraction of sp³-hybridized carbons (Fsp3) is 0.588. The Morgan fingerprint density at radius 2 is 2.00 bits per heavy atom. The van der Waals surface area contributed by atoms with Gasteiger partial charge in [0.1, 0.15) is 6.04 Å². The lowest BCUT2D eigenvalue weighted by Crippen LogP contribution is -2.61. The van der Waals surface area contributed by atoms with Crippen LogP contribution in [0, 0.1) is 5.92 Å². The number of amides is 1. The van der Waals surface area contributed by atoms with Gasteiger partial charge in [-0.3, -0.25) is 10.2 Å². The SMILES string of the molecule is CC(C)[C@@H](C(=O)NN)N1c2ccccc2[C@@H](C)CC1(C)C. The summed E-state index contributed by atoms with van der Waals surface area (Å²) in [6.45, 7) is 10.8. The fourth-order valence-electron chi connectivity index (χ4n) is 3.74. The lowest BCUT2D eigenvalue weighted by atomic mass is 9.78. The number of nitrogens with two attached hydrogens (primary N) is 1. The van der Waals surface area contributed by atoms with Crippen LogP contribution in [0.5, 0.6) is 0 Å². The van der Waals surface area contributed by atoms with Crippen LogP contribution < -0.4 is 16.2 Å². The van der Waals surface area contributed by atoms with Crippen molar-refractivity contribution in [2.75, 3.05) is 4.90 Å². The van der Waals surface area contributed by atoms with Gasteiger partial charge in [-0.15, -0.1) is 0 Å². The molecule has 0 saturated heterocycles. The van der Waals surface area contributed by atoms with Crippen molar-refractivity contribution < 1.29 is 4.79 Å². The van der Waals surface area contributed by atoms with Gasteiger partial charge < -0.3 is 4.90 Å². The molecule has 0 aromatic heterocycles. The van der Waals surface area contributed by atoms with E-state index in [4.69, 9.17) is 5.84 Å². The summed E-state index contributed by atoms with van der Waals surface area (Å²) in [6, 6.07) is 8.13. The van der Waals surface area contributed by atoms with Crippen LogP contribution in [0.4, 0.5) is 5.69 Å². The first-order chi connectivity index (χ1) is 9.79. The summed E-state index contributed by atoms with van der Waals surface area (Å²) in [5.41, 5.74) is 4.72. The molecular formula is C17H27N3O. The Bertz CT molecular complexity index is 525. The third-order valence-electron chi connectivity index (χ3n) is 4.51. The first kappa shape index (κ1) is 15.8. The molecule has 0 bridgehead atoms. The van der Waals surface area contributed by atoms with Gasteiger partial charge in [0.25, 0.3) is 5.91 Å². The van der Waals surface area contributed by atoms with Gasteiger partial charge in [0.05, 0.1) is 0 Å². The summed E-state index contributed by atoms with van der Waals surface area (Å²) in [5, 5.41) is 0. The largest absolute Gasteiger partial charge is 0.354 e. The van der Waals surface area contributed by atoms with Crippen molar-refractivity contribution >= 4 is 11.6 Å². The van der Waals surface area contributed by atoms with Gasteiger partial charge in [0.15, 0.2) is 0 Å². The maximum Gasteiger partial charge on any atom is 0.256 e. The summed E-state index contributed by atoms with van der Waals surface area (Å²) in [5.74, 6) is 5.97. The first-order valence-electron chi connectivity index (χ1n) is 7.68. The van der Waals surface area contributed by atoms with E-state index in [-0.39, 0.29) is 23.4 Å². The molecule has 4 heteroatoms. The zero-order chi connectivity index (χ0) is 15.8. The summed E-state index contributed by atoms with van der Waals surface area (Å²) >= 11 is 0. The van der Waals surface area contributed by atoms with E-state index in [0.29, 0.717) is 5.92 Å². The Kier molecular flexibility index (Phi) is 4.28. The number of hydrazine groups is 1. The molecule has 0 radical (unpaired) electrons. The van der Waals surface area contributed by atoms with Gasteiger partial charge >= 0.3 is 0 Å². The standard InChI is InChI=1S/C17H27N3O/c1-11(2)15(16(21)19-18)20-14-9-7-6-8-13(14)12(3)10-17(20,4)5/h6-9,11-12,15H,10,18H2,1-5H3,(H,19,21)/t12-,15-/m0/s1. The number of nitrogens with zero attached hydrogens (tertiary/aromatic N) is 1. The molecule has 0 aliphatic carbocycles. The molecule has 2 rings (SSSR count). The van der Waals surface area contributed by atoms with Crippen molar-refractivity contribution in [3.63, 3.8) is 0 Å². The minimum atomic E-state index is -0.265.